The lowest BCUT2D eigenvalue weighted by Crippen LogP contribution is -2.28. The lowest BCUT2D eigenvalue weighted by molar-refractivity contribution is -0.119. The lowest BCUT2D eigenvalue weighted by atomic mass is 10.00. The number of hydrogen-bond acceptors (Lipinski definition) is 5. The van der Waals surface area contributed by atoms with E-state index in [0.29, 0.717) is 17.5 Å². The Balaban J connectivity index is 1.71. The number of benzene rings is 1. The highest BCUT2D eigenvalue weighted by molar-refractivity contribution is 8.00. The number of carbonyl (C=O) groups is 2. The van der Waals surface area contributed by atoms with Crippen LogP contribution in [0.15, 0.2) is 34.9 Å². The summed E-state index contributed by atoms with van der Waals surface area (Å²) in [4.78, 5) is 23.8. The van der Waals surface area contributed by atoms with Gasteiger partial charge in [-0.3, -0.25) is 9.59 Å². The van der Waals surface area contributed by atoms with Crippen molar-refractivity contribution in [1.82, 2.24) is 10.5 Å². The van der Waals surface area contributed by atoms with Gasteiger partial charge in [-0.1, -0.05) is 43.3 Å². The first kappa shape index (κ1) is 20.0. The van der Waals surface area contributed by atoms with E-state index in [0.717, 1.165) is 5.56 Å². The van der Waals surface area contributed by atoms with Crippen LogP contribution in [-0.4, -0.2) is 28.5 Å². The summed E-state index contributed by atoms with van der Waals surface area (Å²) < 4.78 is 4.88. The smallest absolute Gasteiger partial charge is 0.235 e. The van der Waals surface area contributed by atoms with Crippen molar-refractivity contribution in [1.29, 1.82) is 0 Å². The number of anilines is 1. The minimum atomic E-state index is -0.214. The van der Waals surface area contributed by atoms with Gasteiger partial charge in [-0.25, -0.2) is 0 Å². The molecule has 0 fully saturated rings. The maximum Gasteiger partial charge on any atom is 0.235 e. The summed E-state index contributed by atoms with van der Waals surface area (Å²) in [6.07, 6.45) is 0. The number of rotatable bonds is 8. The number of carbonyl (C=O) groups excluding carboxylic acids is 2. The van der Waals surface area contributed by atoms with Crippen LogP contribution in [0, 0.1) is 6.92 Å². The average molecular weight is 375 g/mol. The molecule has 0 spiro atoms. The van der Waals surface area contributed by atoms with Gasteiger partial charge in [0.25, 0.3) is 0 Å². The predicted molar refractivity (Wildman–Crippen MR) is 104 cm³/mol. The van der Waals surface area contributed by atoms with E-state index in [9.17, 15) is 9.59 Å². The van der Waals surface area contributed by atoms with Crippen molar-refractivity contribution in [3.63, 3.8) is 0 Å². The van der Waals surface area contributed by atoms with E-state index >= 15 is 0 Å². The minimum Gasteiger partial charge on any atom is -0.360 e. The van der Waals surface area contributed by atoms with Gasteiger partial charge in [-0.2, -0.15) is 0 Å². The van der Waals surface area contributed by atoms with Crippen LogP contribution in [0.5, 0.6) is 0 Å². The number of hydrogen-bond donors (Lipinski definition) is 2. The quantitative estimate of drug-likeness (QED) is 0.736. The summed E-state index contributed by atoms with van der Waals surface area (Å²) in [5, 5.41) is 9.27. The van der Waals surface area contributed by atoms with Gasteiger partial charge in [0.1, 0.15) is 5.76 Å². The summed E-state index contributed by atoms with van der Waals surface area (Å²) in [7, 11) is 0. The van der Waals surface area contributed by atoms with Crippen molar-refractivity contribution in [2.24, 2.45) is 0 Å². The Kier molecular flexibility index (Phi) is 7.26. The van der Waals surface area contributed by atoms with Crippen LogP contribution in [0.25, 0.3) is 0 Å². The van der Waals surface area contributed by atoms with Crippen molar-refractivity contribution in [2.75, 3.05) is 16.8 Å². The molecule has 0 bridgehead atoms. The van der Waals surface area contributed by atoms with Crippen molar-refractivity contribution in [3.8, 4) is 0 Å². The van der Waals surface area contributed by atoms with Crippen molar-refractivity contribution in [3.05, 3.63) is 47.2 Å². The van der Waals surface area contributed by atoms with Crippen molar-refractivity contribution < 1.29 is 14.1 Å². The topological polar surface area (TPSA) is 84.2 Å². The molecule has 1 aromatic carbocycles. The standard InChI is InChI=1S/C19H25N3O3S/c1-12(2)15-5-7-16(8-6-15)14(4)20-18(23)10-26-11-19(24)21-17-9-13(3)25-22-17/h5-9,12,14H,10-11H2,1-4H3,(H,20,23)(H,21,22,24). The van der Waals surface area contributed by atoms with Crippen LogP contribution < -0.4 is 10.6 Å². The fraction of sp³-hybridized carbons (Fsp3) is 0.421. The van der Waals surface area contributed by atoms with Gasteiger partial charge in [0.2, 0.25) is 11.8 Å². The van der Waals surface area contributed by atoms with Crippen LogP contribution in [0.4, 0.5) is 5.82 Å². The van der Waals surface area contributed by atoms with Crippen LogP contribution >= 0.6 is 11.8 Å². The van der Waals surface area contributed by atoms with Crippen LogP contribution in [-0.2, 0) is 9.59 Å². The fourth-order valence-corrected chi connectivity index (χ4v) is 3.01. The van der Waals surface area contributed by atoms with E-state index in [1.54, 1.807) is 13.0 Å². The molecule has 2 amide bonds. The number of aryl methyl sites for hydroxylation is 1. The highest BCUT2D eigenvalue weighted by atomic mass is 32.2. The Hall–Kier alpha value is -2.28. The second-order valence-electron chi connectivity index (χ2n) is 6.47. The van der Waals surface area contributed by atoms with Gasteiger partial charge in [0, 0.05) is 6.07 Å². The minimum absolute atomic E-state index is 0.0729. The molecule has 2 N–H and O–H groups in total. The Bertz CT molecular complexity index is 741. The molecule has 0 aliphatic heterocycles. The molecule has 2 rings (SSSR count). The third-order valence-electron chi connectivity index (χ3n) is 3.84. The van der Waals surface area contributed by atoms with Crippen LogP contribution in [0.3, 0.4) is 0 Å². The fourth-order valence-electron chi connectivity index (χ4n) is 2.38. The first-order chi connectivity index (χ1) is 12.3. The SMILES string of the molecule is Cc1cc(NC(=O)CSCC(=O)NC(C)c2ccc(C(C)C)cc2)no1. The molecular formula is C19H25N3O3S. The largest absolute Gasteiger partial charge is 0.360 e. The molecule has 1 heterocycles. The zero-order valence-corrected chi connectivity index (χ0v) is 16.4. The van der Waals surface area contributed by atoms with E-state index in [-0.39, 0.29) is 29.4 Å². The molecule has 0 saturated heterocycles. The first-order valence-electron chi connectivity index (χ1n) is 8.55. The van der Waals surface area contributed by atoms with E-state index in [1.807, 2.05) is 19.1 Å². The maximum absolute atomic E-state index is 12.1. The third-order valence-corrected chi connectivity index (χ3v) is 4.78. The lowest BCUT2D eigenvalue weighted by Gasteiger charge is -2.15. The van der Waals surface area contributed by atoms with Gasteiger partial charge in [0.15, 0.2) is 5.82 Å². The summed E-state index contributed by atoms with van der Waals surface area (Å²) in [6, 6.07) is 9.83. The summed E-state index contributed by atoms with van der Waals surface area (Å²) in [5.74, 6) is 1.58. The molecule has 0 aliphatic rings. The highest BCUT2D eigenvalue weighted by Gasteiger charge is 2.12. The second-order valence-corrected chi connectivity index (χ2v) is 7.46. The molecule has 0 radical (unpaired) electrons. The van der Waals surface area contributed by atoms with Gasteiger partial charge < -0.3 is 15.2 Å². The molecular weight excluding hydrogens is 350 g/mol. The molecule has 2 aromatic rings. The molecule has 140 valence electrons. The van der Waals surface area contributed by atoms with E-state index in [2.05, 4.69) is 41.8 Å². The monoisotopic (exact) mass is 375 g/mol. The molecule has 1 aromatic heterocycles. The number of nitrogens with one attached hydrogen (secondary N) is 2. The van der Waals surface area contributed by atoms with Crippen LogP contribution in [0.1, 0.15) is 49.6 Å². The number of nitrogens with zero attached hydrogens (tertiary/aromatic N) is 1. The highest BCUT2D eigenvalue weighted by Crippen LogP contribution is 2.18. The Morgan fingerprint density at radius 3 is 2.27 bits per heavy atom. The first-order valence-corrected chi connectivity index (χ1v) is 9.70. The number of thioether (sulfide) groups is 1. The number of aromatic nitrogens is 1. The summed E-state index contributed by atoms with van der Waals surface area (Å²) in [6.45, 7) is 8.00. The van der Waals surface area contributed by atoms with Crippen molar-refractivity contribution in [2.45, 2.75) is 39.7 Å². The van der Waals surface area contributed by atoms with Gasteiger partial charge >= 0.3 is 0 Å². The number of amides is 2. The third kappa shape index (κ3) is 6.22. The second kappa shape index (κ2) is 9.43. The molecule has 1 atom stereocenters. The molecule has 0 aliphatic carbocycles. The summed E-state index contributed by atoms with van der Waals surface area (Å²) in [5.41, 5.74) is 2.34. The van der Waals surface area contributed by atoms with E-state index in [4.69, 9.17) is 4.52 Å². The molecule has 26 heavy (non-hydrogen) atoms. The van der Waals surface area contributed by atoms with E-state index < -0.39 is 0 Å². The molecule has 6 nitrogen and oxygen atoms in total. The predicted octanol–water partition coefficient (Wildman–Crippen LogP) is 3.66. The normalized spacial score (nSPS) is 12.0. The zero-order valence-electron chi connectivity index (χ0n) is 15.5. The average Bonchev–Trinajstić information content (AvgIpc) is 2.99. The van der Waals surface area contributed by atoms with E-state index in [1.165, 1.54) is 17.3 Å². The summed E-state index contributed by atoms with van der Waals surface area (Å²) >= 11 is 1.26. The van der Waals surface area contributed by atoms with Gasteiger partial charge in [-0.15, -0.1) is 11.8 Å². The Morgan fingerprint density at radius 2 is 1.69 bits per heavy atom. The molecule has 0 saturated carbocycles. The van der Waals surface area contributed by atoms with Gasteiger partial charge in [0.05, 0.1) is 17.5 Å². The van der Waals surface area contributed by atoms with Gasteiger partial charge in [-0.05, 0) is 30.9 Å². The Morgan fingerprint density at radius 1 is 1.08 bits per heavy atom. The molecule has 7 heteroatoms. The molecule has 1 unspecified atom stereocenters. The van der Waals surface area contributed by atoms with Crippen LogP contribution in [0.2, 0.25) is 0 Å². The zero-order chi connectivity index (χ0) is 19.1. The van der Waals surface area contributed by atoms with Crippen molar-refractivity contribution >= 4 is 29.4 Å². The Labute approximate surface area is 158 Å². The maximum atomic E-state index is 12.1.